The number of aryl methyl sites for hydroxylation is 2. The van der Waals surface area contributed by atoms with Crippen molar-refractivity contribution in [1.82, 2.24) is 70.3 Å². The van der Waals surface area contributed by atoms with Crippen LogP contribution in [0.15, 0.2) is 98.1 Å². The van der Waals surface area contributed by atoms with E-state index in [0.29, 0.717) is 53.9 Å². The minimum atomic E-state index is -0.517. The summed E-state index contributed by atoms with van der Waals surface area (Å²) in [4.78, 5) is 67.4. The van der Waals surface area contributed by atoms with Gasteiger partial charge in [0.2, 0.25) is 11.9 Å². The summed E-state index contributed by atoms with van der Waals surface area (Å²) < 4.78 is 9.23. The maximum Gasteiger partial charge on any atom is 0.410 e. The first-order valence-corrected chi connectivity index (χ1v) is 27.8. The van der Waals surface area contributed by atoms with Crippen LogP contribution in [0.5, 0.6) is 0 Å². The van der Waals surface area contributed by atoms with Gasteiger partial charge in [0.15, 0.2) is 0 Å². The molecule has 2 aliphatic heterocycles. The van der Waals surface area contributed by atoms with Crippen LogP contribution < -0.4 is 26.6 Å². The number of aromatic nitrogens is 10. The summed E-state index contributed by atoms with van der Waals surface area (Å²) in [5, 5.41) is 26.5. The molecule has 0 unspecified atom stereocenters. The molecule has 22 heteroatoms. The Hall–Kier alpha value is -7.95. The highest BCUT2D eigenvalue weighted by Crippen LogP contribution is 2.30. The van der Waals surface area contributed by atoms with Crippen LogP contribution in [0, 0.1) is 13.8 Å². The molecule has 10 rings (SSSR count). The Labute approximate surface area is 468 Å². The Balaban J connectivity index is 0.000000195. The quantitative estimate of drug-likeness (QED) is 0.0681. The minimum Gasteiger partial charge on any atom is -0.444 e. The number of amides is 3. The predicted molar refractivity (Wildman–Crippen MR) is 308 cm³/mol. The van der Waals surface area contributed by atoms with E-state index in [0.717, 1.165) is 79.2 Å². The van der Waals surface area contributed by atoms with Crippen molar-refractivity contribution in [2.75, 3.05) is 36.8 Å². The van der Waals surface area contributed by atoms with Crippen molar-refractivity contribution in [3.63, 3.8) is 0 Å². The second-order valence-corrected chi connectivity index (χ2v) is 24.8. The third-order valence-electron chi connectivity index (χ3n) is 12.9. The van der Waals surface area contributed by atoms with Crippen LogP contribution in [-0.2, 0) is 28.7 Å². The zero-order valence-corrected chi connectivity index (χ0v) is 48.1. The summed E-state index contributed by atoms with van der Waals surface area (Å²) >= 11 is 2.87. The Morgan fingerprint density at radius 2 is 1.08 bits per heavy atom. The number of nitrogens with one attached hydrogen (secondary N) is 5. The van der Waals surface area contributed by atoms with Crippen molar-refractivity contribution in [3.8, 4) is 22.5 Å². The summed E-state index contributed by atoms with van der Waals surface area (Å²) in [7, 11) is 0. The molecule has 6 aromatic heterocycles. The smallest absolute Gasteiger partial charge is 0.410 e. The first-order chi connectivity index (χ1) is 37.5. The van der Waals surface area contributed by atoms with Gasteiger partial charge in [-0.2, -0.15) is 10.2 Å². The molecule has 20 nitrogen and oxygen atoms in total. The molecule has 8 aromatic rings. The van der Waals surface area contributed by atoms with Crippen LogP contribution in [0.3, 0.4) is 0 Å². The molecule has 8 heterocycles. The number of carbonyl (C=O) groups is 3. The fraction of sp³-hybridized carbons (Fsp3) is 0.386. The third-order valence-corrected chi connectivity index (χ3v) is 15.8. The van der Waals surface area contributed by atoms with Gasteiger partial charge in [-0.1, -0.05) is 65.8 Å². The van der Waals surface area contributed by atoms with Crippen LogP contribution >= 0.6 is 22.7 Å². The molecule has 0 spiro atoms. The van der Waals surface area contributed by atoms with Crippen molar-refractivity contribution in [3.05, 3.63) is 140 Å². The molecule has 0 radical (unpaired) electrons. The van der Waals surface area contributed by atoms with Gasteiger partial charge in [0, 0.05) is 86.0 Å². The van der Waals surface area contributed by atoms with Gasteiger partial charge in [-0.25, -0.2) is 34.7 Å². The highest BCUT2D eigenvalue weighted by molar-refractivity contribution is 7.14. The molecule has 0 bridgehead atoms. The molecule has 0 aliphatic carbocycles. The zero-order chi connectivity index (χ0) is 56.2. The largest absolute Gasteiger partial charge is 0.444 e. The zero-order valence-electron chi connectivity index (χ0n) is 46.5. The molecule has 2 aliphatic rings. The van der Waals surface area contributed by atoms with Crippen LogP contribution in [0.4, 0.5) is 28.1 Å². The number of hydrogen-bond donors (Lipinski definition) is 5. The lowest BCUT2D eigenvalue weighted by molar-refractivity contribution is -0.000401. The van der Waals surface area contributed by atoms with E-state index in [9.17, 15) is 14.4 Å². The Bertz CT molecular complexity index is 3460. The lowest BCUT2D eigenvalue weighted by Gasteiger charge is -2.39. The number of carbonyl (C=O) groups excluding carboxylic acids is 3. The van der Waals surface area contributed by atoms with Crippen LogP contribution in [0.2, 0.25) is 0 Å². The summed E-state index contributed by atoms with van der Waals surface area (Å²) in [6.07, 6.45) is 13.8. The second kappa shape index (κ2) is 23.2. The number of rotatable bonds is 14. The molecule has 0 saturated carbocycles. The van der Waals surface area contributed by atoms with E-state index in [2.05, 4.69) is 115 Å². The molecule has 2 saturated heterocycles. The maximum absolute atomic E-state index is 12.7. The molecule has 412 valence electrons. The van der Waals surface area contributed by atoms with Gasteiger partial charge in [0.25, 0.3) is 11.8 Å². The van der Waals surface area contributed by atoms with E-state index in [1.807, 2.05) is 92.8 Å². The lowest BCUT2D eigenvalue weighted by atomic mass is 9.98. The molecule has 79 heavy (non-hydrogen) atoms. The normalized spacial score (nSPS) is 13.9. The molecule has 2 aromatic carbocycles. The van der Waals surface area contributed by atoms with Gasteiger partial charge in [0.1, 0.15) is 15.4 Å². The number of anilines is 4. The summed E-state index contributed by atoms with van der Waals surface area (Å²) in [6.45, 7) is 26.0. The Kier molecular flexibility index (Phi) is 16.4. The van der Waals surface area contributed by atoms with E-state index in [-0.39, 0.29) is 34.8 Å². The standard InChI is InChI=1S/C31H38N8O3S.C26H30N8OS/c1-19-12-20(8-9-21(19)13-33-26(40)25-15-34-27(43-25)30(2,3)4)24-10-11-32-28(37-24)36-22-14-35-39(16-22)23-17-38(18-23)29(41)42-31(5,6)7;1-16-9-17(5-6-18(16)10-29-23(35)22-14-30-24(36-22)26(2,3)4)21-7-8-28-25(33-21)32-19-11-31-34(15-19)20-12-27-13-20/h8-12,14-16,23H,13,17-18H2,1-7H3,(H,33,40)(H,32,36,37);5-9,11,14-15,20,27H,10,12-13H2,1-4H3,(H,29,35)(H,28,32,33). The van der Waals surface area contributed by atoms with Gasteiger partial charge in [0.05, 0.1) is 69.6 Å². The van der Waals surface area contributed by atoms with Crippen molar-refractivity contribution in [2.45, 2.75) is 118 Å². The average Bonchev–Trinajstić information content (AvgIpc) is 4.25. The monoisotopic (exact) mass is 1100 g/mol. The topological polar surface area (TPSA) is 237 Å². The number of benzene rings is 2. The summed E-state index contributed by atoms with van der Waals surface area (Å²) in [6, 6.07) is 16.4. The number of likely N-dealkylation sites (tertiary alicyclic amines) is 1. The third kappa shape index (κ3) is 14.2. The summed E-state index contributed by atoms with van der Waals surface area (Å²) in [5.74, 6) is 0.750. The highest BCUT2D eigenvalue weighted by Gasteiger charge is 2.35. The SMILES string of the molecule is Cc1cc(-c2ccnc(Nc3cnn(C4CN(C(=O)OC(C)(C)C)C4)c3)n2)ccc1CNC(=O)c1cnc(C(C)(C)C)s1.Cc1cc(-c2ccnc(Nc3cnn(C4CNC4)c3)n2)ccc1CNC(=O)c1cnc(C(C)(C)C)s1. The number of hydrogen-bond acceptors (Lipinski definition) is 17. The van der Waals surface area contributed by atoms with E-state index in [4.69, 9.17) is 9.72 Å². The van der Waals surface area contributed by atoms with Crippen molar-refractivity contribution >= 4 is 63.9 Å². The number of nitrogens with zero attached hydrogens (tertiary/aromatic N) is 11. The first-order valence-electron chi connectivity index (χ1n) is 26.2. The molecular weight excluding hydrogens is 1040 g/mol. The predicted octanol–water partition coefficient (Wildman–Crippen LogP) is 10.1. The fourth-order valence-electron chi connectivity index (χ4n) is 8.26. The molecule has 5 N–H and O–H groups in total. The van der Waals surface area contributed by atoms with Gasteiger partial charge in [-0.05, 0) is 81.1 Å². The number of ether oxygens (including phenoxy) is 1. The van der Waals surface area contributed by atoms with Gasteiger partial charge in [-0.3, -0.25) is 19.0 Å². The highest BCUT2D eigenvalue weighted by atomic mass is 32.1. The van der Waals surface area contributed by atoms with Crippen molar-refractivity contribution in [1.29, 1.82) is 0 Å². The van der Waals surface area contributed by atoms with Gasteiger partial charge < -0.3 is 36.2 Å². The van der Waals surface area contributed by atoms with E-state index >= 15 is 0 Å². The summed E-state index contributed by atoms with van der Waals surface area (Å²) in [5.41, 5.74) is 8.68. The molecular formula is C57H68N16O4S2. The fourth-order valence-corrected chi connectivity index (χ4v) is 10.0. The van der Waals surface area contributed by atoms with Crippen LogP contribution in [0.25, 0.3) is 22.5 Å². The molecule has 0 atom stereocenters. The molecule has 3 amide bonds. The van der Waals surface area contributed by atoms with E-state index in [1.54, 1.807) is 42.1 Å². The van der Waals surface area contributed by atoms with E-state index < -0.39 is 5.60 Å². The number of thiazole rings is 2. The maximum atomic E-state index is 12.7. The second-order valence-electron chi connectivity index (χ2n) is 22.8. The average molecular weight is 1110 g/mol. The first kappa shape index (κ1) is 55.8. The van der Waals surface area contributed by atoms with Crippen molar-refractivity contribution < 1.29 is 19.1 Å². The Morgan fingerprint density at radius 1 is 0.620 bits per heavy atom. The van der Waals surface area contributed by atoms with Crippen LogP contribution in [-0.4, -0.2) is 104 Å². The van der Waals surface area contributed by atoms with Crippen molar-refractivity contribution in [2.24, 2.45) is 0 Å². The van der Waals surface area contributed by atoms with Gasteiger partial charge >= 0.3 is 6.09 Å². The lowest BCUT2D eigenvalue weighted by Crippen LogP contribution is -2.52. The van der Waals surface area contributed by atoms with Gasteiger partial charge in [-0.15, -0.1) is 22.7 Å². The van der Waals surface area contributed by atoms with Crippen LogP contribution in [0.1, 0.15) is 126 Å². The minimum absolute atomic E-state index is 0.0677. The molecule has 2 fully saturated rings. The Morgan fingerprint density at radius 3 is 1.47 bits per heavy atom. The van der Waals surface area contributed by atoms with E-state index in [1.165, 1.54) is 22.7 Å².